The van der Waals surface area contributed by atoms with E-state index < -0.39 is 11.7 Å². The van der Waals surface area contributed by atoms with Gasteiger partial charge in [-0.3, -0.25) is 9.78 Å². The van der Waals surface area contributed by atoms with E-state index in [2.05, 4.69) is 21.4 Å². The lowest BCUT2D eigenvalue weighted by molar-refractivity contribution is -0.137. The van der Waals surface area contributed by atoms with Crippen molar-refractivity contribution in [2.75, 3.05) is 6.61 Å². The van der Waals surface area contributed by atoms with E-state index in [4.69, 9.17) is 9.47 Å². The maximum atomic E-state index is 12.7. The van der Waals surface area contributed by atoms with Gasteiger partial charge in [0, 0.05) is 31.3 Å². The van der Waals surface area contributed by atoms with Crippen molar-refractivity contribution >= 4 is 12.0 Å². The minimum atomic E-state index is -4.45. The summed E-state index contributed by atoms with van der Waals surface area (Å²) in [6.45, 7) is 2.45. The fourth-order valence-electron chi connectivity index (χ4n) is 4.10. The molecule has 6 nitrogen and oxygen atoms in total. The third kappa shape index (κ3) is 6.69. The minimum Gasteiger partial charge on any atom is -0.439 e. The molecule has 1 N–H and O–H groups in total. The van der Waals surface area contributed by atoms with Gasteiger partial charge in [0.1, 0.15) is 5.75 Å². The first kappa shape index (κ1) is 25.4. The second-order valence-corrected chi connectivity index (χ2v) is 8.42. The van der Waals surface area contributed by atoms with Gasteiger partial charge < -0.3 is 14.8 Å². The van der Waals surface area contributed by atoms with Crippen molar-refractivity contribution in [2.45, 2.75) is 44.5 Å². The van der Waals surface area contributed by atoms with E-state index in [0.717, 1.165) is 30.7 Å². The molecule has 1 amide bonds. The van der Waals surface area contributed by atoms with E-state index in [9.17, 15) is 18.0 Å². The van der Waals surface area contributed by atoms with E-state index >= 15 is 0 Å². The van der Waals surface area contributed by atoms with Crippen LogP contribution >= 0.6 is 0 Å². The average molecular weight is 498 g/mol. The molecular formula is C27H26F3N3O3. The number of halogens is 3. The summed E-state index contributed by atoms with van der Waals surface area (Å²) in [6, 6.07) is 12.7. The number of alkyl halides is 3. The van der Waals surface area contributed by atoms with E-state index in [0.29, 0.717) is 24.3 Å². The molecule has 1 fully saturated rings. The second kappa shape index (κ2) is 11.3. The SMILES string of the molecule is CCOC1C/C(=C\c2cccc(Oc3ccc(C(F)(F)F)cn3)c2)CCC1NC(=O)c1cccnc1. The Kier molecular flexibility index (Phi) is 8.00. The fraction of sp³-hybridized carbons (Fsp3) is 0.296. The molecule has 3 aromatic rings. The summed E-state index contributed by atoms with van der Waals surface area (Å²) in [5.41, 5.74) is 1.74. The van der Waals surface area contributed by atoms with Gasteiger partial charge in [-0.25, -0.2) is 4.98 Å². The van der Waals surface area contributed by atoms with Gasteiger partial charge in [0.2, 0.25) is 5.88 Å². The zero-order valence-corrected chi connectivity index (χ0v) is 19.7. The highest BCUT2D eigenvalue weighted by molar-refractivity contribution is 5.94. The van der Waals surface area contributed by atoms with Crippen LogP contribution in [0.15, 0.2) is 72.7 Å². The predicted octanol–water partition coefficient (Wildman–Crippen LogP) is 6.06. The number of nitrogens with zero attached hydrogens (tertiary/aromatic N) is 2. The lowest BCUT2D eigenvalue weighted by atomic mass is 9.87. The zero-order chi connectivity index (χ0) is 25.5. The Labute approximate surface area is 207 Å². The number of rotatable bonds is 7. The van der Waals surface area contributed by atoms with Crippen LogP contribution in [0.1, 0.15) is 47.7 Å². The molecule has 1 aromatic carbocycles. The van der Waals surface area contributed by atoms with Gasteiger partial charge in [0.25, 0.3) is 5.91 Å². The highest BCUT2D eigenvalue weighted by Gasteiger charge is 2.31. The predicted molar refractivity (Wildman–Crippen MR) is 128 cm³/mol. The topological polar surface area (TPSA) is 73.3 Å². The largest absolute Gasteiger partial charge is 0.439 e. The van der Waals surface area contributed by atoms with Crippen molar-refractivity contribution in [3.8, 4) is 11.6 Å². The molecule has 1 aliphatic carbocycles. The molecule has 1 aliphatic rings. The van der Waals surface area contributed by atoms with Gasteiger partial charge in [0.15, 0.2) is 0 Å². The molecule has 0 radical (unpaired) electrons. The van der Waals surface area contributed by atoms with Crippen LogP contribution < -0.4 is 10.1 Å². The number of pyridine rings is 2. The average Bonchev–Trinajstić information content (AvgIpc) is 2.86. The lowest BCUT2D eigenvalue weighted by Gasteiger charge is -2.33. The maximum absolute atomic E-state index is 12.7. The highest BCUT2D eigenvalue weighted by atomic mass is 19.4. The standard InChI is InChI=1S/C27H26F3N3O3/c1-2-35-24-15-19(8-10-23(24)33-26(34)20-6-4-12-31-16-20)13-18-5-3-7-22(14-18)36-25-11-9-21(17-32-25)27(28,29)30/h3-7,9,11-14,16-17,23-24H,2,8,10,15H2,1H3,(H,33,34)/b19-13-. The number of benzene rings is 1. The molecule has 0 spiro atoms. The zero-order valence-electron chi connectivity index (χ0n) is 19.7. The van der Waals surface area contributed by atoms with Gasteiger partial charge in [-0.2, -0.15) is 13.2 Å². The van der Waals surface area contributed by atoms with Gasteiger partial charge in [-0.15, -0.1) is 0 Å². The van der Waals surface area contributed by atoms with Crippen molar-refractivity contribution in [3.63, 3.8) is 0 Å². The molecule has 2 heterocycles. The molecule has 2 aromatic heterocycles. The van der Waals surface area contributed by atoms with Crippen LogP contribution in [-0.2, 0) is 10.9 Å². The Hall–Kier alpha value is -3.72. The number of hydrogen-bond donors (Lipinski definition) is 1. The first-order valence-corrected chi connectivity index (χ1v) is 11.6. The number of nitrogens with one attached hydrogen (secondary N) is 1. The molecule has 4 rings (SSSR count). The normalized spacial score (nSPS) is 19.2. The monoisotopic (exact) mass is 497 g/mol. The molecule has 0 bridgehead atoms. The number of hydrogen-bond acceptors (Lipinski definition) is 5. The number of aromatic nitrogens is 2. The smallest absolute Gasteiger partial charge is 0.417 e. The van der Waals surface area contributed by atoms with Crippen molar-refractivity contribution in [2.24, 2.45) is 0 Å². The summed E-state index contributed by atoms with van der Waals surface area (Å²) >= 11 is 0. The van der Waals surface area contributed by atoms with E-state index in [-0.39, 0.29) is 23.9 Å². The fourth-order valence-corrected chi connectivity index (χ4v) is 4.10. The Morgan fingerprint density at radius 3 is 2.72 bits per heavy atom. The third-order valence-electron chi connectivity index (χ3n) is 5.82. The van der Waals surface area contributed by atoms with E-state index in [1.807, 2.05) is 19.1 Å². The highest BCUT2D eigenvalue weighted by Crippen LogP contribution is 2.31. The van der Waals surface area contributed by atoms with Gasteiger partial charge in [-0.1, -0.05) is 23.8 Å². The number of carbonyl (C=O) groups excluding carboxylic acids is 1. The molecule has 2 atom stereocenters. The number of carbonyl (C=O) groups is 1. The quantitative estimate of drug-likeness (QED) is 0.430. The Balaban J connectivity index is 1.42. The summed E-state index contributed by atoms with van der Waals surface area (Å²) in [7, 11) is 0. The van der Waals surface area contributed by atoms with E-state index in [1.54, 1.807) is 30.5 Å². The number of amides is 1. The molecule has 9 heteroatoms. The molecule has 0 saturated heterocycles. The molecular weight excluding hydrogens is 471 g/mol. The van der Waals surface area contributed by atoms with E-state index in [1.165, 1.54) is 17.8 Å². The molecule has 188 valence electrons. The third-order valence-corrected chi connectivity index (χ3v) is 5.82. The van der Waals surface area contributed by atoms with Crippen LogP contribution in [0.3, 0.4) is 0 Å². The summed E-state index contributed by atoms with van der Waals surface area (Å²) in [6.07, 6.45) is 3.53. The van der Waals surface area contributed by atoms with Crippen LogP contribution in [0.5, 0.6) is 11.6 Å². The van der Waals surface area contributed by atoms with Gasteiger partial charge in [0.05, 0.1) is 23.3 Å². The van der Waals surface area contributed by atoms with Crippen molar-refractivity contribution in [1.82, 2.24) is 15.3 Å². The van der Waals surface area contributed by atoms with Crippen LogP contribution in [0, 0.1) is 0 Å². The summed E-state index contributed by atoms with van der Waals surface area (Å²) in [5.74, 6) is 0.372. The maximum Gasteiger partial charge on any atom is 0.417 e. The molecule has 0 aliphatic heterocycles. The molecule has 36 heavy (non-hydrogen) atoms. The molecule has 1 saturated carbocycles. The lowest BCUT2D eigenvalue weighted by Crippen LogP contribution is -2.46. The Morgan fingerprint density at radius 2 is 2.03 bits per heavy atom. The van der Waals surface area contributed by atoms with Crippen LogP contribution in [0.25, 0.3) is 6.08 Å². The van der Waals surface area contributed by atoms with Crippen molar-refractivity contribution in [3.05, 3.63) is 89.4 Å². The first-order chi connectivity index (χ1) is 17.3. The van der Waals surface area contributed by atoms with Gasteiger partial charge >= 0.3 is 6.18 Å². The van der Waals surface area contributed by atoms with Crippen LogP contribution in [-0.4, -0.2) is 34.6 Å². The van der Waals surface area contributed by atoms with Gasteiger partial charge in [-0.05, 0) is 62.1 Å². The van der Waals surface area contributed by atoms with Crippen molar-refractivity contribution < 1.29 is 27.4 Å². The second-order valence-electron chi connectivity index (χ2n) is 8.42. The summed E-state index contributed by atoms with van der Waals surface area (Å²) < 4.78 is 49.8. The Morgan fingerprint density at radius 1 is 1.17 bits per heavy atom. The summed E-state index contributed by atoms with van der Waals surface area (Å²) in [4.78, 5) is 20.4. The van der Waals surface area contributed by atoms with Crippen LogP contribution in [0.4, 0.5) is 13.2 Å². The first-order valence-electron chi connectivity index (χ1n) is 11.6. The molecule has 2 unspecified atom stereocenters. The minimum absolute atomic E-state index is 0.0779. The van der Waals surface area contributed by atoms with Crippen LogP contribution in [0.2, 0.25) is 0 Å². The Bertz CT molecular complexity index is 1200. The summed E-state index contributed by atoms with van der Waals surface area (Å²) in [5, 5.41) is 3.08. The number of ether oxygens (including phenoxy) is 2. The van der Waals surface area contributed by atoms with Crippen molar-refractivity contribution in [1.29, 1.82) is 0 Å².